The third-order valence-corrected chi connectivity index (χ3v) is 4.09. The van der Waals surface area contributed by atoms with E-state index in [0.717, 1.165) is 32.0 Å². The number of carbonyl (C=O) groups is 2. The molecule has 2 saturated heterocycles. The third kappa shape index (κ3) is 3.72. The summed E-state index contributed by atoms with van der Waals surface area (Å²) in [6.07, 6.45) is 4.22. The van der Waals surface area contributed by atoms with Crippen LogP contribution in [-0.2, 0) is 14.3 Å². The molecule has 0 aromatic carbocycles. The van der Waals surface area contributed by atoms with Crippen molar-refractivity contribution in [1.29, 1.82) is 0 Å². The van der Waals surface area contributed by atoms with E-state index in [4.69, 9.17) is 9.47 Å². The topological polar surface area (TPSA) is 55.8 Å². The molecular formula is C15H25NO4. The number of piperidine rings is 1. The van der Waals surface area contributed by atoms with Gasteiger partial charge < -0.3 is 19.2 Å². The zero-order chi connectivity index (χ0) is 14.8. The van der Waals surface area contributed by atoms with Crippen molar-refractivity contribution in [1.82, 2.24) is 4.90 Å². The van der Waals surface area contributed by atoms with Crippen molar-refractivity contribution in [2.24, 2.45) is 5.92 Å². The molecule has 1 amide bonds. The summed E-state index contributed by atoms with van der Waals surface area (Å²) in [6.45, 7) is 7.48. The number of aldehydes is 1. The number of rotatable bonds is 1. The average molecular weight is 283 g/mol. The van der Waals surface area contributed by atoms with Gasteiger partial charge in [-0.3, -0.25) is 0 Å². The lowest BCUT2D eigenvalue weighted by Gasteiger charge is -2.45. The molecule has 0 aromatic rings. The van der Waals surface area contributed by atoms with Gasteiger partial charge in [0.05, 0.1) is 12.2 Å². The van der Waals surface area contributed by atoms with Gasteiger partial charge in [0.25, 0.3) is 0 Å². The third-order valence-electron chi connectivity index (χ3n) is 4.09. The van der Waals surface area contributed by atoms with Crippen LogP contribution in [0.1, 0.15) is 46.5 Å². The molecule has 0 bridgehead atoms. The first-order chi connectivity index (χ1) is 9.34. The van der Waals surface area contributed by atoms with E-state index in [-0.39, 0.29) is 17.6 Å². The largest absolute Gasteiger partial charge is 0.444 e. The maximum absolute atomic E-state index is 12.0. The number of likely N-dealkylation sites (tertiary alicyclic amines) is 1. The lowest BCUT2D eigenvalue weighted by atomic mass is 9.82. The second-order valence-electron chi connectivity index (χ2n) is 6.90. The molecule has 2 heterocycles. The summed E-state index contributed by atoms with van der Waals surface area (Å²) < 4.78 is 11.3. The van der Waals surface area contributed by atoms with Gasteiger partial charge in [-0.2, -0.15) is 0 Å². The first kappa shape index (κ1) is 15.3. The van der Waals surface area contributed by atoms with Crippen LogP contribution in [0.4, 0.5) is 4.79 Å². The molecule has 0 saturated carbocycles. The zero-order valence-corrected chi connectivity index (χ0v) is 12.7. The molecule has 2 rings (SSSR count). The van der Waals surface area contributed by atoms with Crippen LogP contribution in [0.25, 0.3) is 0 Å². The molecule has 1 spiro atoms. The molecule has 0 aliphatic carbocycles. The fourth-order valence-electron chi connectivity index (χ4n) is 2.81. The number of amides is 1. The predicted molar refractivity (Wildman–Crippen MR) is 74.5 cm³/mol. The molecule has 5 nitrogen and oxygen atoms in total. The van der Waals surface area contributed by atoms with Gasteiger partial charge in [0.15, 0.2) is 0 Å². The molecule has 0 unspecified atom stereocenters. The van der Waals surface area contributed by atoms with Gasteiger partial charge in [-0.05, 0) is 46.5 Å². The first-order valence-electron chi connectivity index (χ1n) is 7.41. The normalized spacial score (nSPS) is 26.4. The second-order valence-corrected chi connectivity index (χ2v) is 6.90. The molecule has 114 valence electrons. The molecule has 0 radical (unpaired) electrons. The molecule has 2 fully saturated rings. The Balaban J connectivity index is 1.83. The van der Waals surface area contributed by atoms with E-state index >= 15 is 0 Å². The molecule has 0 aromatic heterocycles. The van der Waals surface area contributed by atoms with E-state index in [9.17, 15) is 9.59 Å². The Morgan fingerprint density at radius 3 is 2.40 bits per heavy atom. The fraction of sp³-hybridized carbons (Fsp3) is 0.867. The van der Waals surface area contributed by atoms with E-state index in [1.807, 2.05) is 20.8 Å². The highest BCUT2D eigenvalue weighted by Crippen LogP contribution is 2.36. The summed E-state index contributed by atoms with van der Waals surface area (Å²) in [5.41, 5.74) is -0.581. The van der Waals surface area contributed by atoms with Crippen molar-refractivity contribution in [2.75, 3.05) is 19.7 Å². The number of hydrogen-bond donors (Lipinski definition) is 0. The van der Waals surface area contributed by atoms with Crippen molar-refractivity contribution in [2.45, 2.75) is 57.7 Å². The summed E-state index contributed by atoms with van der Waals surface area (Å²) in [7, 11) is 0. The van der Waals surface area contributed by atoms with E-state index in [1.54, 1.807) is 4.90 Å². The van der Waals surface area contributed by atoms with Gasteiger partial charge >= 0.3 is 6.09 Å². The molecule has 20 heavy (non-hydrogen) atoms. The lowest BCUT2D eigenvalue weighted by Crippen LogP contribution is -2.51. The Bertz CT molecular complexity index is 357. The maximum atomic E-state index is 12.0. The predicted octanol–water partition coefficient (Wildman–Crippen LogP) is 2.38. The highest BCUT2D eigenvalue weighted by Gasteiger charge is 2.40. The first-order valence-corrected chi connectivity index (χ1v) is 7.41. The highest BCUT2D eigenvalue weighted by molar-refractivity contribution is 5.68. The van der Waals surface area contributed by atoms with Crippen LogP contribution in [0.2, 0.25) is 0 Å². The van der Waals surface area contributed by atoms with Crippen LogP contribution in [0, 0.1) is 5.92 Å². The molecule has 2 aliphatic heterocycles. The Morgan fingerprint density at radius 1 is 1.30 bits per heavy atom. The Kier molecular flexibility index (Phi) is 4.37. The summed E-state index contributed by atoms with van der Waals surface area (Å²) >= 11 is 0. The molecule has 2 aliphatic rings. The highest BCUT2D eigenvalue weighted by atomic mass is 16.6. The minimum absolute atomic E-state index is 0.0458. The quantitative estimate of drug-likeness (QED) is 0.693. The van der Waals surface area contributed by atoms with E-state index in [1.165, 1.54) is 0 Å². The van der Waals surface area contributed by atoms with Gasteiger partial charge in [0.2, 0.25) is 0 Å². The van der Waals surface area contributed by atoms with Crippen molar-refractivity contribution >= 4 is 12.4 Å². The van der Waals surface area contributed by atoms with Crippen LogP contribution in [0.5, 0.6) is 0 Å². The van der Waals surface area contributed by atoms with Gasteiger partial charge in [0, 0.05) is 19.0 Å². The molecule has 5 heteroatoms. The van der Waals surface area contributed by atoms with E-state index < -0.39 is 5.60 Å². The van der Waals surface area contributed by atoms with Gasteiger partial charge in [-0.1, -0.05) is 0 Å². The molecular weight excluding hydrogens is 258 g/mol. The minimum atomic E-state index is -0.454. The van der Waals surface area contributed by atoms with Crippen LogP contribution in [0.15, 0.2) is 0 Å². The summed E-state index contributed by atoms with van der Waals surface area (Å²) in [5, 5.41) is 0. The second kappa shape index (κ2) is 5.72. The van der Waals surface area contributed by atoms with Crippen molar-refractivity contribution in [3.05, 3.63) is 0 Å². The van der Waals surface area contributed by atoms with E-state index in [2.05, 4.69) is 0 Å². The maximum Gasteiger partial charge on any atom is 0.410 e. The lowest BCUT2D eigenvalue weighted by molar-refractivity contribution is -0.139. The standard InChI is InChI=1S/C15H25NO4/c1-14(2,3)20-13(18)16-8-6-15(7-9-16)5-4-12(10-17)11-19-15/h10,12H,4-9,11H2,1-3H3/t12-/m1/s1. The molecule has 0 N–H and O–H groups in total. The molecule has 1 atom stereocenters. The smallest absolute Gasteiger partial charge is 0.410 e. The number of carbonyl (C=O) groups excluding carboxylic acids is 2. The van der Waals surface area contributed by atoms with Crippen LogP contribution in [0.3, 0.4) is 0 Å². The number of ether oxygens (including phenoxy) is 2. The van der Waals surface area contributed by atoms with Crippen LogP contribution in [-0.4, -0.2) is 48.2 Å². The SMILES string of the molecule is CC(C)(C)OC(=O)N1CCC2(CC[C@H](C=O)CO2)CC1. The zero-order valence-electron chi connectivity index (χ0n) is 12.7. The van der Waals surface area contributed by atoms with Crippen LogP contribution < -0.4 is 0 Å². The van der Waals surface area contributed by atoms with Gasteiger partial charge in [0.1, 0.15) is 11.9 Å². The Labute approximate surface area is 120 Å². The van der Waals surface area contributed by atoms with Crippen LogP contribution >= 0.6 is 0 Å². The van der Waals surface area contributed by atoms with Crippen molar-refractivity contribution < 1.29 is 19.1 Å². The minimum Gasteiger partial charge on any atom is -0.444 e. The van der Waals surface area contributed by atoms with Crippen molar-refractivity contribution in [3.8, 4) is 0 Å². The average Bonchev–Trinajstić information content (AvgIpc) is 2.38. The summed E-state index contributed by atoms with van der Waals surface area (Å²) in [5.74, 6) is 0.0458. The monoisotopic (exact) mass is 283 g/mol. The fourth-order valence-corrected chi connectivity index (χ4v) is 2.81. The van der Waals surface area contributed by atoms with Gasteiger partial charge in [-0.15, -0.1) is 0 Å². The van der Waals surface area contributed by atoms with Gasteiger partial charge in [-0.25, -0.2) is 4.79 Å². The summed E-state index contributed by atoms with van der Waals surface area (Å²) in [4.78, 5) is 24.5. The van der Waals surface area contributed by atoms with E-state index in [0.29, 0.717) is 19.7 Å². The number of nitrogens with zero attached hydrogens (tertiary/aromatic N) is 1. The van der Waals surface area contributed by atoms with Crippen molar-refractivity contribution in [3.63, 3.8) is 0 Å². The number of hydrogen-bond acceptors (Lipinski definition) is 4. The Hall–Kier alpha value is -1.10. The Morgan fingerprint density at radius 2 is 1.95 bits per heavy atom. The summed E-state index contributed by atoms with van der Waals surface area (Å²) in [6, 6.07) is 0.